The van der Waals surface area contributed by atoms with Gasteiger partial charge in [-0.25, -0.2) is 8.42 Å². The number of carbonyl (C=O) groups excluding carboxylic acids is 1. The van der Waals surface area contributed by atoms with E-state index in [0.29, 0.717) is 27.9 Å². The third kappa shape index (κ3) is 4.10. The molecule has 156 valence electrons. The lowest BCUT2D eigenvalue weighted by atomic mass is 9.80. The second kappa shape index (κ2) is 8.05. The second-order valence-corrected chi connectivity index (χ2v) is 9.48. The van der Waals surface area contributed by atoms with E-state index in [1.54, 1.807) is 47.4 Å². The van der Waals surface area contributed by atoms with Crippen molar-refractivity contribution in [3.63, 3.8) is 0 Å². The van der Waals surface area contributed by atoms with Gasteiger partial charge in [-0.3, -0.25) is 4.79 Å². The van der Waals surface area contributed by atoms with E-state index in [1.165, 1.54) is 10.4 Å². The molecule has 1 aliphatic rings. The van der Waals surface area contributed by atoms with Gasteiger partial charge in [0, 0.05) is 35.6 Å². The quantitative estimate of drug-likeness (QED) is 0.494. The summed E-state index contributed by atoms with van der Waals surface area (Å²) in [6.45, 7) is 0.511. The average Bonchev–Trinajstić information content (AvgIpc) is 3.14. The first kappa shape index (κ1) is 20.9. The summed E-state index contributed by atoms with van der Waals surface area (Å²) in [7, 11) is -5.40. The average molecular weight is 448 g/mol. The summed E-state index contributed by atoms with van der Waals surface area (Å²) in [5, 5.41) is 19.5. The highest BCUT2D eigenvalue weighted by Crippen LogP contribution is 2.25. The van der Waals surface area contributed by atoms with Crippen molar-refractivity contribution in [3.05, 3.63) is 59.1 Å². The van der Waals surface area contributed by atoms with Crippen molar-refractivity contribution < 1.29 is 23.3 Å². The number of sulfonamides is 1. The summed E-state index contributed by atoms with van der Waals surface area (Å²) in [5.41, 5.74) is 1.83. The van der Waals surface area contributed by atoms with Gasteiger partial charge >= 0.3 is 7.12 Å². The fraction of sp³-hybridized carbons (Fsp3) is 0.211. The van der Waals surface area contributed by atoms with Gasteiger partial charge in [-0.1, -0.05) is 35.9 Å². The van der Waals surface area contributed by atoms with E-state index in [1.807, 2.05) is 0 Å². The third-order valence-electron chi connectivity index (χ3n) is 5.11. The molecule has 0 saturated carbocycles. The second-order valence-electron chi connectivity index (χ2n) is 7.13. The molecule has 0 radical (unpaired) electrons. The van der Waals surface area contributed by atoms with E-state index >= 15 is 0 Å². The van der Waals surface area contributed by atoms with Crippen LogP contribution in [0.3, 0.4) is 0 Å². The highest BCUT2D eigenvalue weighted by molar-refractivity contribution is 7.89. The smallest absolute Gasteiger partial charge is 0.423 e. The Kier molecular flexibility index (Phi) is 5.60. The van der Waals surface area contributed by atoms with Crippen molar-refractivity contribution in [2.24, 2.45) is 0 Å². The van der Waals surface area contributed by atoms with Crippen LogP contribution in [0.4, 0.5) is 0 Å². The van der Waals surface area contributed by atoms with Crippen LogP contribution in [0.5, 0.6) is 0 Å². The summed E-state index contributed by atoms with van der Waals surface area (Å²) < 4.78 is 27.2. The van der Waals surface area contributed by atoms with Gasteiger partial charge in [-0.05, 0) is 35.3 Å². The van der Waals surface area contributed by atoms with Crippen molar-refractivity contribution in [3.8, 4) is 0 Å². The van der Waals surface area contributed by atoms with Crippen molar-refractivity contribution in [2.75, 3.05) is 19.6 Å². The molecule has 3 aromatic rings. The number of hydrogen-bond donors (Lipinski definition) is 3. The van der Waals surface area contributed by atoms with Crippen molar-refractivity contribution in [1.29, 1.82) is 0 Å². The maximum Gasteiger partial charge on any atom is 0.488 e. The number of carbonyl (C=O) groups is 1. The van der Waals surface area contributed by atoms with Crippen LogP contribution in [-0.4, -0.2) is 65.3 Å². The largest absolute Gasteiger partial charge is 0.488 e. The Labute approximate surface area is 178 Å². The Bertz CT molecular complexity index is 1200. The number of halogens is 1. The van der Waals surface area contributed by atoms with Gasteiger partial charge in [0.2, 0.25) is 5.91 Å². The molecular weight excluding hydrogens is 429 g/mol. The minimum atomic E-state index is -3.85. The Hall–Kier alpha value is -2.37. The molecule has 0 aliphatic carbocycles. The van der Waals surface area contributed by atoms with E-state index in [2.05, 4.69) is 4.98 Å². The number of piperazine rings is 1. The molecule has 1 aliphatic heterocycles. The van der Waals surface area contributed by atoms with Crippen LogP contribution in [0.1, 0.15) is 5.56 Å². The van der Waals surface area contributed by atoms with E-state index < -0.39 is 17.1 Å². The predicted molar refractivity (Wildman–Crippen MR) is 114 cm³/mol. The summed E-state index contributed by atoms with van der Waals surface area (Å²) >= 11 is 5.97. The number of benzene rings is 2. The minimum Gasteiger partial charge on any atom is -0.423 e. The van der Waals surface area contributed by atoms with Crippen LogP contribution in [0.25, 0.3) is 10.9 Å². The molecule has 11 heteroatoms. The number of hydrogen-bond acceptors (Lipinski definition) is 5. The van der Waals surface area contributed by atoms with Gasteiger partial charge in [0.05, 0.1) is 6.54 Å². The molecule has 8 nitrogen and oxygen atoms in total. The summed E-state index contributed by atoms with van der Waals surface area (Å²) in [6.07, 6.45) is 0. The summed E-state index contributed by atoms with van der Waals surface area (Å²) in [6, 6.07) is 13.1. The molecule has 0 bridgehead atoms. The molecule has 3 N–H and O–H groups in total. The monoisotopic (exact) mass is 447 g/mol. The molecule has 1 amide bonds. The van der Waals surface area contributed by atoms with Crippen LogP contribution < -0.4 is 5.46 Å². The number of H-pyrrole nitrogens is 1. The molecule has 0 atom stereocenters. The van der Waals surface area contributed by atoms with Crippen molar-refractivity contribution >= 4 is 51.0 Å². The molecule has 0 unspecified atom stereocenters. The SMILES string of the molecule is O=C1CN(S(=O)(=O)c2cc3cc(Cl)ccc3[nH]2)CCN1Cc1ccc(B(O)O)cc1. The number of nitrogens with zero attached hydrogens (tertiary/aromatic N) is 2. The van der Waals surface area contributed by atoms with Crippen molar-refractivity contribution in [1.82, 2.24) is 14.2 Å². The normalized spacial score (nSPS) is 15.7. The van der Waals surface area contributed by atoms with E-state index in [4.69, 9.17) is 21.6 Å². The lowest BCUT2D eigenvalue weighted by Gasteiger charge is -2.33. The van der Waals surface area contributed by atoms with Gasteiger partial charge in [0.25, 0.3) is 10.0 Å². The molecule has 2 aromatic carbocycles. The minimum absolute atomic E-state index is 0.0270. The van der Waals surface area contributed by atoms with Crippen LogP contribution in [0.15, 0.2) is 53.6 Å². The van der Waals surface area contributed by atoms with Crippen LogP contribution in [-0.2, 0) is 21.4 Å². The Balaban J connectivity index is 1.46. The third-order valence-corrected chi connectivity index (χ3v) is 7.11. The zero-order valence-electron chi connectivity index (χ0n) is 15.8. The first-order chi connectivity index (χ1) is 14.2. The number of fused-ring (bicyclic) bond motifs is 1. The van der Waals surface area contributed by atoms with Crippen molar-refractivity contribution in [2.45, 2.75) is 11.6 Å². The maximum absolute atomic E-state index is 13.0. The lowest BCUT2D eigenvalue weighted by Crippen LogP contribution is -2.51. The lowest BCUT2D eigenvalue weighted by molar-refractivity contribution is -0.134. The number of rotatable bonds is 5. The molecule has 1 aromatic heterocycles. The topological polar surface area (TPSA) is 114 Å². The maximum atomic E-state index is 13.0. The van der Waals surface area contributed by atoms with Gasteiger partial charge in [-0.2, -0.15) is 4.31 Å². The predicted octanol–water partition coefficient (Wildman–Crippen LogP) is 0.534. The molecule has 1 fully saturated rings. The van der Waals surface area contributed by atoms with Crippen LogP contribution >= 0.6 is 11.6 Å². The Morgan fingerprint density at radius 1 is 1.07 bits per heavy atom. The Morgan fingerprint density at radius 3 is 2.47 bits per heavy atom. The molecule has 4 rings (SSSR count). The number of aromatic amines is 1. The fourth-order valence-corrected chi connectivity index (χ4v) is 5.01. The molecule has 1 saturated heterocycles. The van der Waals surface area contributed by atoms with Gasteiger partial charge < -0.3 is 19.9 Å². The van der Waals surface area contributed by atoms with Gasteiger partial charge in [0.15, 0.2) is 0 Å². The van der Waals surface area contributed by atoms with Gasteiger partial charge in [0.1, 0.15) is 5.03 Å². The number of amides is 1. The zero-order chi connectivity index (χ0) is 21.5. The van der Waals surface area contributed by atoms with E-state index in [0.717, 1.165) is 5.56 Å². The Morgan fingerprint density at radius 2 is 1.80 bits per heavy atom. The van der Waals surface area contributed by atoms with Crippen LogP contribution in [0, 0.1) is 0 Å². The first-order valence-corrected chi connectivity index (χ1v) is 11.1. The summed E-state index contributed by atoms with van der Waals surface area (Å²) in [5.74, 6) is -0.296. The molecule has 2 heterocycles. The highest BCUT2D eigenvalue weighted by atomic mass is 35.5. The van der Waals surface area contributed by atoms with E-state index in [-0.39, 0.29) is 30.6 Å². The standard InChI is InChI=1S/C19H19BClN3O5S/c21-16-5-6-17-14(9-16)10-18(22-17)30(28,29)24-8-7-23(19(25)12-24)11-13-1-3-15(4-2-13)20(26)27/h1-6,9-10,22,26-27H,7-8,11-12H2. The van der Waals surface area contributed by atoms with Gasteiger partial charge in [-0.15, -0.1) is 0 Å². The fourth-order valence-electron chi connectivity index (χ4n) is 3.43. The number of nitrogens with one attached hydrogen (secondary N) is 1. The van der Waals surface area contributed by atoms with E-state index in [9.17, 15) is 13.2 Å². The molecule has 30 heavy (non-hydrogen) atoms. The molecule has 0 spiro atoms. The summed E-state index contributed by atoms with van der Waals surface area (Å²) in [4.78, 5) is 17.1. The highest BCUT2D eigenvalue weighted by Gasteiger charge is 2.33. The first-order valence-electron chi connectivity index (χ1n) is 9.25. The number of aromatic nitrogens is 1. The van der Waals surface area contributed by atoms with Crippen LogP contribution in [0.2, 0.25) is 5.02 Å². The zero-order valence-corrected chi connectivity index (χ0v) is 17.4. The molecular formula is C19H19BClN3O5S.